The highest BCUT2D eigenvalue weighted by Crippen LogP contribution is 2.37. The molecular formula is C22H21N3O4S. The van der Waals surface area contributed by atoms with Gasteiger partial charge in [0.2, 0.25) is 5.76 Å². The minimum absolute atomic E-state index is 0.0901. The van der Waals surface area contributed by atoms with Crippen molar-refractivity contribution in [3.05, 3.63) is 77.6 Å². The summed E-state index contributed by atoms with van der Waals surface area (Å²) in [7, 11) is 1.33. The van der Waals surface area contributed by atoms with Crippen LogP contribution < -0.4 is 0 Å². The molecule has 0 amide bonds. The van der Waals surface area contributed by atoms with Crippen LogP contribution in [-0.4, -0.2) is 27.8 Å². The highest BCUT2D eigenvalue weighted by molar-refractivity contribution is 7.99. The lowest BCUT2D eigenvalue weighted by Crippen LogP contribution is -2.05. The van der Waals surface area contributed by atoms with Crippen LogP contribution in [0.5, 0.6) is 0 Å². The molecule has 8 heteroatoms. The van der Waals surface area contributed by atoms with Crippen LogP contribution in [0.3, 0.4) is 0 Å². The van der Waals surface area contributed by atoms with Gasteiger partial charge >= 0.3 is 5.97 Å². The van der Waals surface area contributed by atoms with Crippen molar-refractivity contribution in [2.24, 2.45) is 0 Å². The van der Waals surface area contributed by atoms with E-state index >= 15 is 0 Å². The number of carbonyl (C=O) groups is 1. The quantitative estimate of drug-likeness (QED) is 0.301. The minimum atomic E-state index is -0.499. The van der Waals surface area contributed by atoms with E-state index < -0.39 is 5.97 Å². The Balaban J connectivity index is 1.66. The Bertz CT molecular complexity index is 1150. The number of benzene rings is 1. The third-order valence-electron chi connectivity index (χ3n) is 4.69. The van der Waals surface area contributed by atoms with E-state index in [1.54, 1.807) is 18.4 Å². The highest BCUT2D eigenvalue weighted by atomic mass is 32.2. The van der Waals surface area contributed by atoms with Crippen LogP contribution >= 0.6 is 11.8 Å². The molecular weight excluding hydrogens is 402 g/mol. The van der Waals surface area contributed by atoms with Crippen molar-refractivity contribution in [1.29, 1.82) is 0 Å². The topological polar surface area (TPSA) is 83.3 Å². The molecule has 0 aliphatic heterocycles. The Morgan fingerprint density at radius 3 is 2.73 bits per heavy atom. The summed E-state index contributed by atoms with van der Waals surface area (Å²) in [5.74, 6) is 1.92. The van der Waals surface area contributed by atoms with Gasteiger partial charge in [0.25, 0.3) is 0 Å². The van der Waals surface area contributed by atoms with Gasteiger partial charge < -0.3 is 13.6 Å². The Labute approximate surface area is 178 Å². The van der Waals surface area contributed by atoms with Crippen molar-refractivity contribution >= 4 is 17.7 Å². The molecule has 0 bridgehead atoms. The van der Waals surface area contributed by atoms with Crippen LogP contribution in [0.2, 0.25) is 0 Å². The van der Waals surface area contributed by atoms with Crippen LogP contribution in [-0.2, 0) is 11.3 Å². The summed E-state index contributed by atoms with van der Waals surface area (Å²) in [6.45, 7) is 4.54. The number of ether oxygens (including phenoxy) is 1. The monoisotopic (exact) mass is 423 g/mol. The van der Waals surface area contributed by atoms with Gasteiger partial charge in [-0.25, -0.2) is 4.79 Å². The lowest BCUT2D eigenvalue weighted by atomic mass is 10.1. The Hall–Kier alpha value is -3.26. The molecule has 7 nitrogen and oxygen atoms in total. The summed E-state index contributed by atoms with van der Waals surface area (Å²) in [5.41, 5.74) is 2.13. The van der Waals surface area contributed by atoms with E-state index in [9.17, 15) is 4.79 Å². The fourth-order valence-corrected chi connectivity index (χ4v) is 4.02. The number of methoxy groups -OCH3 is 1. The first kappa shape index (κ1) is 20.0. The second kappa shape index (κ2) is 8.62. The molecule has 4 aromatic rings. The number of carbonyl (C=O) groups excluding carboxylic acids is 1. The normalized spacial score (nSPS) is 12.1. The molecule has 1 atom stereocenters. The average Bonchev–Trinajstić information content (AvgIpc) is 3.50. The van der Waals surface area contributed by atoms with E-state index in [-0.39, 0.29) is 11.0 Å². The van der Waals surface area contributed by atoms with Crippen molar-refractivity contribution in [3.8, 4) is 11.4 Å². The van der Waals surface area contributed by atoms with E-state index in [0.29, 0.717) is 12.3 Å². The Kier molecular flexibility index (Phi) is 5.76. The summed E-state index contributed by atoms with van der Waals surface area (Å²) in [6.07, 6.45) is 1.65. The number of aryl methyl sites for hydroxylation is 1. The SMILES string of the molecule is COC(=O)c1ccc(C(C)Sc2nnc(-c3ccccc3C)n2Cc2ccco2)o1. The van der Waals surface area contributed by atoms with Crippen LogP contribution in [0.4, 0.5) is 0 Å². The second-order valence-corrected chi connectivity index (χ2v) is 8.05. The first-order valence-corrected chi connectivity index (χ1v) is 10.3. The highest BCUT2D eigenvalue weighted by Gasteiger charge is 2.22. The molecule has 1 unspecified atom stereocenters. The molecule has 0 aliphatic rings. The number of hydrogen-bond acceptors (Lipinski definition) is 7. The van der Waals surface area contributed by atoms with E-state index in [4.69, 9.17) is 13.6 Å². The lowest BCUT2D eigenvalue weighted by Gasteiger charge is -2.12. The van der Waals surface area contributed by atoms with E-state index in [1.165, 1.54) is 18.9 Å². The van der Waals surface area contributed by atoms with Gasteiger partial charge in [-0.3, -0.25) is 4.57 Å². The van der Waals surface area contributed by atoms with Gasteiger partial charge in [-0.05, 0) is 43.7 Å². The summed E-state index contributed by atoms with van der Waals surface area (Å²) < 4.78 is 18.0. The molecule has 0 fully saturated rings. The molecule has 0 saturated carbocycles. The van der Waals surface area contributed by atoms with Gasteiger partial charge in [0, 0.05) is 5.56 Å². The predicted molar refractivity (Wildman–Crippen MR) is 112 cm³/mol. The second-order valence-electron chi connectivity index (χ2n) is 6.74. The van der Waals surface area contributed by atoms with Crippen molar-refractivity contribution in [2.75, 3.05) is 7.11 Å². The zero-order valence-electron chi connectivity index (χ0n) is 16.9. The molecule has 0 N–H and O–H groups in total. The van der Waals surface area contributed by atoms with Crippen LogP contribution in [0.15, 0.2) is 68.8 Å². The molecule has 0 saturated heterocycles. The van der Waals surface area contributed by atoms with Crippen molar-refractivity contribution in [3.63, 3.8) is 0 Å². The summed E-state index contributed by atoms with van der Waals surface area (Å²) in [4.78, 5) is 11.7. The predicted octanol–water partition coefficient (Wildman–Crippen LogP) is 5.13. The molecule has 30 heavy (non-hydrogen) atoms. The van der Waals surface area contributed by atoms with Gasteiger partial charge in [0.15, 0.2) is 11.0 Å². The summed E-state index contributed by atoms with van der Waals surface area (Å²) >= 11 is 1.50. The number of nitrogens with zero attached hydrogens (tertiary/aromatic N) is 3. The fraction of sp³-hybridized carbons (Fsp3) is 0.227. The third-order valence-corrected chi connectivity index (χ3v) is 5.79. The van der Waals surface area contributed by atoms with Gasteiger partial charge in [-0.1, -0.05) is 36.0 Å². The number of hydrogen-bond donors (Lipinski definition) is 0. The molecule has 3 aromatic heterocycles. The molecule has 0 spiro atoms. The summed E-state index contributed by atoms with van der Waals surface area (Å²) in [5, 5.41) is 9.55. The Morgan fingerprint density at radius 1 is 1.17 bits per heavy atom. The fourth-order valence-electron chi connectivity index (χ4n) is 3.10. The van der Waals surface area contributed by atoms with Crippen LogP contribution in [0, 0.1) is 6.92 Å². The van der Waals surface area contributed by atoms with Gasteiger partial charge in [0.05, 0.1) is 25.2 Å². The van der Waals surface area contributed by atoms with E-state index in [2.05, 4.69) is 10.2 Å². The first-order chi connectivity index (χ1) is 14.6. The first-order valence-electron chi connectivity index (χ1n) is 9.43. The zero-order valence-corrected chi connectivity index (χ0v) is 17.7. The van der Waals surface area contributed by atoms with Gasteiger partial charge in [0.1, 0.15) is 11.5 Å². The molecule has 1 aromatic carbocycles. The molecule has 154 valence electrons. The van der Waals surface area contributed by atoms with Crippen molar-refractivity contribution in [2.45, 2.75) is 30.8 Å². The number of rotatable bonds is 7. The summed E-state index contributed by atoms with van der Waals surface area (Å²) in [6, 6.07) is 15.2. The van der Waals surface area contributed by atoms with Gasteiger partial charge in [-0.15, -0.1) is 10.2 Å². The lowest BCUT2D eigenvalue weighted by molar-refractivity contribution is 0.0563. The van der Waals surface area contributed by atoms with Crippen LogP contribution in [0.1, 0.15) is 39.8 Å². The maximum Gasteiger partial charge on any atom is 0.373 e. The molecule has 0 aliphatic carbocycles. The standard InChI is InChI=1S/C22H21N3O4S/c1-14-7-4-5-9-17(14)20-23-24-22(25(20)13-16-8-6-12-28-16)30-15(2)18-10-11-19(29-18)21(26)27-3/h4-12,15H,13H2,1-3H3. The molecule has 0 radical (unpaired) electrons. The Morgan fingerprint density at radius 2 is 2.00 bits per heavy atom. The average molecular weight is 423 g/mol. The number of esters is 1. The van der Waals surface area contributed by atoms with Gasteiger partial charge in [-0.2, -0.15) is 0 Å². The maximum absolute atomic E-state index is 11.7. The van der Waals surface area contributed by atoms with Crippen molar-refractivity contribution < 1.29 is 18.4 Å². The number of thioether (sulfide) groups is 1. The molecule has 3 heterocycles. The largest absolute Gasteiger partial charge is 0.467 e. The third kappa shape index (κ3) is 4.04. The van der Waals surface area contributed by atoms with Crippen molar-refractivity contribution in [1.82, 2.24) is 14.8 Å². The maximum atomic E-state index is 11.7. The zero-order chi connectivity index (χ0) is 21.1. The minimum Gasteiger partial charge on any atom is -0.467 e. The number of aromatic nitrogens is 3. The van der Waals surface area contributed by atoms with E-state index in [1.807, 2.05) is 54.8 Å². The van der Waals surface area contributed by atoms with Crippen LogP contribution in [0.25, 0.3) is 11.4 Å². The molecule has 4 rings (SSSR count). The smallest absolute Gasteiger partial charge is 0.373 e. The number of furan rings is 2. The van der Waals surface area contributed by atoms with E-state index in [0.717, 1.165) is 27.9 Å².